The number of alkyl carbamates (subject to hydrolysis) is 1. The van der Waals surface area contributed by atoms with Crippen molar-refractivity contribution in [1.29, 1.82) is 0 Å². The van der Waals surface area contributed by atoms with Gasteiger partial charge in [-0.15, -0.1) is 0 Å². The van der Waals surface area contributed by atoms with Crippen LogP contribution < -0.4 is 14.9 Å². The third kappa shape index (κ3) is 5.18. The van der Waals surface area contributed by atoms with E-state index in [9.17, 15) is 9.00 Å². The molecule has 2 heterocycles. The lowest BCUT2D eigenvalue weighted by Gasteiger charge is -2.23. The first-order chi connectivity index (χ1) is 15.5. The van der Waals surface area contributed by atoms with Gasteiger partial charge < -0.3 is 15.4 Å². The highest BCUT2D eigenvalue weighted by atomic mass is 32.2. The van der Waals surface area contributed by atoms with Gasteiger partial charge >= 0.3 is 6.09 Å². The molecule has 0 saturated heterocycles. The average Bonchev–Trinajstić information content (AvgIpc) is 3.40. The van der Waals surface area contributed by atoms with E-state index in [4.69, 9.17) is 9.84 Å². The molecule has 8 nitrogen and oxygen atoms in total. The molecule has 0 radical (unpaired) electrons. The van der Waals surface area contributed by atoms with Crippen molar-refractivity contribution in [3.63, 3.8) is 0 Å². The molecule has 1 aromatic carbocycles. The fourth-order valence-corrected chi connectivity index (χ4v) is 5.57. The van der Waals surface area contributed by atoms with E-state index in [0.29, 0.717) is 5.75 Å². The SMILES string of the molecule is CC(C)NC(=O)OC1CCC(c2cc(Nc3ccc4c(c3)N(C)S(=O)C4)n(C(C)(C)C)n2)C1. The number of carbonyl (C=O) groups excluding carboxylic acids is 1. The summed E-state index contributed by atoms with van der Waals surface area (Å²) in [5, 5.41) is 11.3. The van der Waals surface area contributed by atoms with E-state index in [-0.39, 0.29) is 29.7 Å². The Kier molecular flexibility index (Phi) is 6.44. The maximum absolute atomic E-state index is 12.1. The number of carbonyl (C=O) groups is 1. The molecular formula is C24H35N5O3S. The standard InChI is InChI=1S/C24H35N5O3S/c1-15(2)25-23(30)32-19-10-8-16(11-19)20-13-22(29(27-20)24(3,4)5)26-18-9-7-17-14-33(31)28(6)21(17)12-18/h7,9,12-13,15-16,19,26H,8,10-11,14H2,1-6H3,(H,25,30). The van der Waals surface area contributed by atoms with Crippen LogP contribution in [-0.4, -0.2) is 39.3 Å². The minimum absolute atomic E-state index is 0.0600. The van der Waals surface area contributed by atoms with Gasteiger partial charge in [-0.25, -0.2) is 13.7 Å². The van der Waals surface area contributed by atoms with Crippen molar-refractivity contribution in [2.24, 2.45) is 0 Å². The van der Waals surface area contributed by atoms with Gasteiger partial charge in [0.25, 0.3) is 0 Å². The van der Waals surface area contributed by atoms with Gasteiger partial charge in [-0.05, 0) is 71.6 Å². The van der Waals surface area contributed by atoms with E-state index in [1.54, 1.807) is 0 Å². The predicted octanol–water partition coefficient (Wildman–Crippen LogP) is 4.77. The number of rotatable bonds is 5. The van der Waals surface area contributed by atoms with Gasteiger partial charge in [-0.3, -0.25) is 4.31 Å². The minimum Gasteiger partial charge on any atom is -0.446 e. The van der Waals surface area contributed by atoms with E-state index in [1.165, 1.54) is 0 Å². The zero-order valence-corrected chi connectivity index (χ0v) is 21.2. The molecule has 4 rings (SSSR count). The molecule has 1 aromatic heterocycles. The van der Waals surface area contributed by atoms with E-state index in [2.05, 4.69) is 37.5 Å². The van der Waals surface area contributed by atoms with Crippen molar-refractivity contribution < 1.29 is 13.7 Å². The quantitative estimate of drug-likeness (QED) is 0.653. The highest BCUT2D eigenvalue weighted by Crippen LogP contribution is 2.39. The van der Waals surface area contributed by atoms with Crippen LogP contribution in [0.3, 0.4) is 0 Å². The third-order valence-corrected chi connectivity index (χ3v) is 7.49. The number of amides is 1. The zero-order chi connectivity index (χ0) is 23.9. The van der Waals surface area contributed by atoms with Gasteiger partial charge in [0, 0.05) is 30.8 Å². The molecule has 1 fully saturated rings. The Morgan fingerprint density at radius 2 is 2.00 bits per heavy atom. The largest absolute Gasteiger partial charge is 0.446 e. The molecule has 2 aromatic rings. The molecule has 0 bridgehead atoms. The van der Waals surface area contributed by atoms with Gasteiger partial charge in [0.15, 0.2) is 0 Å². The number of nitrogens with one attached hydrogen (secondary N) is 2. The summed E-state index contributed by atoms with van der Waals surface area (Å²) < 4.78 is 21.6. The fourth-order valence-electron chi connectivity index (χ4n) is 4.48. The number of aromatic nitrogens is 2. The number of anilines is 3. The second-order valence-corrected chi connectivity index (χ2v) is 11.8. The van der Waals surface area contributed by atoms with Crippen LogP contribution in [0.25, 0.3) is 0 Å². The molecule has 2 aliphatic rings. The Hall–Kier alpha value is -2.55. The van der Waals surface area contributed by atoms with Gasteiger partial charge in [0.1, 0.15) is 22.9 Å². The summed E-state index contributed by atoms with van der Waals surface area (Å²) in [6.07, 6.45) is 2.13. The fraction of sp³-hybridized carbons (Fsp3) is 0.583. The van der Waals surface area contributed by atoms with Crippen molar-refractivity contribution in [3.8, 4) is 0 Å². The van der Waals surface area contributed by atoms with E-state index in [1.807, 2.05) is 48.1 Å². The van der Waals surface area contributed by atoms with Crippen LogP contribution in [0.1, 0.15) is 71.1 Å². The normalized spacial score (nSPS) is 22.5. The maximum Gasteiger partial charge on any atom is 0.407 e. The lowest BCUT2D eigenvalue weighted by Crippen LogP contribution is -2.33. The first-order valence-corrected chi connectivity index (χ1v) is 12.9. The summed E-state index contributed by atoms with van der Waals surface area (Å²) in [5.41, 5.74) is 3.85. The molecule has 1 saturated carbocycles. The molecule has 9 heteroatoms. The van der Waals surface area contributed by atoms with Crippen LogP contribution in [0, 0.1) is 0 Å². The summed E-state index contributed by atoms with van der Waals surface area (Å²) in [5.74, 6) is 1.73. The molecule has 1 aliphatic carbocycles. The van der Waals surface area contributed by atoms with Crippen LogP contribution >= 0.6 is 0 Å². The molecule has 33 heavy (non-hydrogen) atoms. The van der Waals surface area contributed by atoms with E-state index in [0.717, 1.165) is 47.7 Å². The second-order valence-electron chi connectivity index (χ2n) is 10.3. The number of benzene rings is 1. The summed E-state index contributed by atoms with van der Waals surface area (Å²) in [6, 6.07) is 8.29. The maximum atomic E-state index is 12.1. The van der Waals surface area contributed by atoms with Gasteiger partial charge in [0.05, 0.1) is 22.7 Å². The Morgan fingerprint density at radius 1 is 1.24 bits per heavy atom. The van der Waals surface area contributed by atoms with Gasteiger partial charge in [0.2, 0.25) is 0 Å². The molecule has 1 aliphatic heterocycles. The van der Waals surface area contributed by atoms with Gasteiger partial charge in [-0.1, -0.05) is 6.07 Å². The average molecular weight is 474 g/mol. The van der Waals surface area contributed by atoms with Crippen LogP contribution in [0.5, 0.6) is 0 Å². The highest BCUT2D eigenvalue weighted by molar-refractivity contribution is 7.86. The molecule has 3 atom stereocenters. The van der Waals surface area contributed by atoms with Crippen molar-refractivity contribution in [2.75, 3.05) is 16.7 Å². The van der Waals surface area contributed by atoms with Crippen LogP contribution in [0.2, 0.25) is 0 Å². The Bertz CT molecular complexity index is 1060. The predicted molar refractivity (Wildman–Crippen MR) is 132 cm³/mol. The van der Waals surface area contributed by atoms with Crippen LogP contribution in [0.4, 0.5) is 22.0 Å². The molecule has 0 spiro atoms. The monoisotopic (exact) mass is 473 g/mol. The number of hydrogen-bond acceptors (Lipinski definition) is 5. The summed E-state index contributed by atoms with van der Waals surface area (Å²) in [4.78, 5) is 12.0. The minimum atomic E-state index is -0.999. The summed E-state index contributed by atoms with van der Waals surface area (Å²) >= 11 is 0. The number of ether oxygens (including phenoxy) is 1. The van der Waals surface area contributed by atoms with Crippen molar-refractivity contribution in [3.05, 3.63) is 35.5 Å². The molecule has 3 unspecified atom stereocenters. The number of nitrogens with zero attached hydrogens (tertiary/aromatic N) is 3. The molecular weight excluding hydrogens is 438 g/mol. The van der Waals surface area contributed by atoms with Gasteiger partial charge in [-0.2, -0.15) is 5.10 Å². The van der Waals surface area contributed by atoms with E-state index < -0.39 is 11.0 Å². The Balaban J connectivity index is 1.52. The molecule has 180 valence electrons. The smallest absolute Gasteiger partial charge is 0.407 e. The lowest BCUT2D eigenvalue weighted by molar-refractivity contribution is 0.0981. The highest BCUT2D eigenvalue weighted by Gasteiger charge is 2.32. The van der Waals surface area contributed by atoms with Crippen molar-refractivity contribution >= 4 is 34.3 Å². The molecule has 1 amide bonds. The topological polar surface area (TPSA) is 88.5 Å². The summed E-state index contributed by atoms with van der Waals surface area (Å²) in [7, 11) is 0.866. The summed E-state index contributed by atoms with van der Waals surface area (Å²) in [6.45, 7) is 10.2. The van der Waals surface area contributed by atoms with Crippen molar-refractivity contribution in [2.45, 2.75) is 83.2 Å². The second kappa shape index (κ2) is 9.00. The van der Waals surface area contributed by atoms with Crippen LogP contribution in [-0.2, 0) is 27.0 Å². The van der Waals surface area contributed by atoms with Crippen molar-refractivity contribution in [1.82, 2.24) is 15.1 Å². The third-order valence-electron chi connectivity index (χ3n) is 6.13. The Morgan fingerprint density at radius 3 is 2.70 bits per heavy atom. The molecule has 2 N–H and O–H groups in total. The number of hydrogen-bond donors (Lipinski definition) is 2. The lowest BCUT2D eigenvalue weighted by atomic mass is 10.0. The van der Waals surface area contributed by atoms with Crippen LogP contribution in [0.15, 0.2) is 24.3 Å². The van der Waals surface area contributed by atoms with E-state index >= 15 is 0 Å². The first-order valence-electron chi connectivity index (χ1n) is 11.6. The first kappa shape index (κ1) is 23.6. The zero-order valence-electron chi connectivity index (χ0n) is 20.3. The Labute approximate surface area is 198 Å². The number of fused-ring (bicyclic) bond motifs is 1.